The second-order valence-corrected chi connectivity index (χ2v) is 7.94. The Kier molecular flexibility index (Phi) is 7.74. The number of sulfonamides is 1. The van der Waals surface area contributed by atoms with Crippen molar-refractivity contribution < 1.29 is 22.7 Å². The van der Waals surface area contributed by atoms with Gasteiger partial charge >= 0.3 is 0 Å². The van der Waals surface area contributed by atoms with Gasteiger partial charge in [0.25, 0.3) is 0 Å². The van der Waals surface area contributed by atoms with Gasteiger partial charge in [0.2, 0.25) is 21.8 Å². The molecule has 9 heteroatoms. The number of nitrogens with two attached hydrogens (primary N) is 1. The van der Waals surface area contributed by atoms with Crippen LogP contribution in [0.3, 0.4) is 0 Å². The highest BCUT2D eigenvalue weighted by Gasteiger charge is 2.16. The molecule has 0 atom stereocenters. The van der Waals surface area contributed by atoms with Crippen LogP contribution in [0.2, 0.25) is 0 Å². The number of hydrogen-bond donors (Lipinski definition) is 2. The normalized spacial score (nSPS) is 11.0. The summed E-state index contributed by atoms with van der Waals surface area (Å²) >= 11 is 0. The molecule has 2 amide bonds. The van der Waals surface area contributed by atoms with E-state index in [9.17, 15) is 18.0 Å². The van der Waals surface area contributed by atoms with Crippen LogP contribution in [0.1, 0.15) is 18.9 Å². The predicted molar refractivity (Wildman–Crippen MR) is 110 cm³/mol. The zero-order chi connectivity index (χ0) is 21.4. The number of nitrogens with zero attached hydrogens (tertiary/aromatic N) is 1. The van der Waals surface area contributed by atoms with Gasteiger partial charge in [0.15, 0.2) is 0 Å². The third-order valence-electron chi connectivity index (χ3n) is 4.30. The first-order valence-electron chi connectivity index (χ1n) is 9.06. The standard InChI is InChI=1S/C20H25N3O5S/c1-3-23(14-19(24)22-16-5-4-6-17(13-16)28-2)20(25)12-9-15-7-10-18(11-8-15)29(21,26)27/h4-8,10-11,13H,3,9,12,14H2,1-2H3,(H,22,24)(H2,21,26,27). The Hall–Kier alpha value is -2.91. The number of hydrogen-bond acceptors (Lipinski definition) is 5. The molecule has 0 aliphatic heterocycles. The zero-order valence-electron chi connectivity index (χ0n) is 16.4. The van der Waals surface area contributed by atoms with Crippen LogP contribution in [-0.4, -0.2) is 45.3 Å². The maximum absolute atomic E-state index is 12.5. The van der Waals surface area contributed by atoms with Crippen LogP contribution < -0.4 is 15.2 Å². The van der Waals surface area contributed by atoms with E-state index in [4.69, 9.17) is 9.88 Å². The summed E-state index contributed by atoms with van der Waals surface area (Å²) in [7, 11) is -2.20. The summed E-state index contributed by atoms with van der Waals surface area (Å²) < 4.78 is 27.7. The van der Waals surface area contributed by atoms with Crippen molar-refractivity contribution in [1.29, 1.82) is 0 Å². The molecule has 3 N–H and O–H groups in total. The Balaban J connectivity index is 1.90. The first-order chi connectivity index (χ1) is 13.7. The van der Waals surface area contributed by atoms with Crippen molar-refractivity contribution in [3.63, 3.8) is 0 Å². The number of aryl methyl sites for hydroxylation is 1. The number of amides is 2. The fourth-order valence-electron chi connectivity index (χ4n) is 2.71. The van der Waals surface area contributed by atoms with E-state index < -0.39 is 10.0 Å². The van der Waals surface area contributed by atoms with Crippen LogP contribution >= 0.6 is 0 Å². The molecule has 0 saturated carbocycles. The van der Waals surface area contributed by atoms with E-state index in [0.717, 1.165) is 5.56 Å². The summed E-state index contributed by atoms with van der Waals surface area (Å²) in [5, 5.41) is 7.82. The van der Waals surface area contributed by atoms with Crippen molar-refractivity contribution in [3.8, 4) is 5.75 Å². The Labute approximate surface area is 170 Å². The van der Waals surface area contributed by atoms with Crippen LogP contribution in [0.5, 0.6) is 5.75 Å². The summed E-state index contributed by atoms with van der Waals surface area (Å²) in [6, 6.07) is 13.0. The summed E-state index contributed by atoms with van der Waals surface area (Å²) in [5.41, 5.74) is 1.40. The molecule has 0 spiro atoms. The Bertz CT molecular complexity index is 958. The number of rotatable bonds is 9. The fourth-order valence-corrected chi connectivity index (χ4v) is 3.22. The first-order valence-corrected chi connectivity index (χ1v) is 10.6. The Morgan fingerprint density at radius 3 is 2.41 bits per heavy atom. The second-order valence-electron chi connectivity index (χ2n) is 6.38. The van der Waals surface area contributed by atoms with Gasteiger partial charge in [0.1, 0.15) is 5.75 Å². The molecule has 0 fully saturated rings. The summed E-state index contributed by atoms with van der Waals surface area (Å²) in [6.45, 7) is 2.14. The van der Waals surface area contributed by atoms with Gasteiger partial charge < -0.3 is 15.0 Å². The van der Waals surface area contributed by atoms with Gasteiger partial charge in [0.05, 0.1) is 18.6 Å². The molecule has 156 valence electrons. The molecule has 0 aromatic heterocycles. The Morgan fingerprint density at radius 2 is 1.83 bits per heavy atom. The van der Waals surface area contributed by atoms with Gasteiger partial charge in [-0.1, -0.05) is 18.2 Å². The summed E-state index contributed by atoms with van der Waals surface area (Å²) in [5.74, 6) is 0.162. The second kappa shape index (κ2) is 10.0. The van der Waals surface area contributed by atoms with E-state index in [1.54, 1.807) is 50.4 Å². The number of anilines is 1. The monoisotopic (exact) mass is 419 g/mol. The molecule has 0 aliphatic carbocycles. The van der Waals surface area contributed by atoms with Crippen LogP contribution in [0, 0.1) is 0 Å². The molecule has 8 nitrogen and oxygen atoms in total. The van der Waals surface area contributed by atoms with E-state index in [1.807, 2.05) is 0 Å². The van der Waals surface area contributed by atoms with E-state index in [2.05, 4.69) is 5.32 Å². The highest BCUT2D eigenvalue weighted by Crippen LogP contribution is 2.16. The molecular weight excluding hydrogens is 394 g/mol. The van der Waals surface area contributed by atoms with Crippen molar-refractivity contribution in [2.24, 2.45) is 5.14 Å². The average Bonchev–Trinajstić information content (AvgIpc) is 2.70. The molecule has 0 radical (unpaired) electrons. The average molecular weight is 420 g/mol. The molecular formula is C20H25N3O5S. The van der Waals surface area contributed by atoms with Crippen molar-refractivity contribution in [1.82, 2.24) is 4.90 Å². The zero-order valence-corrected chi connectivity index (χ0v) is 17.2. The summed E-state index contributed by atoms with van der Waals surface area (Å²) in [4.78, 5) is 26.2. The van der Waals surface area contributed by atoms with Crippen molar-refractivity contribution in [3.05, 3.63) is 54.1 Å². The van der Waals surface area contributed by atoms with Crippen LogP contribution in [0.25, 0.3) is 0 Å². The van der Waals surface area contributed by atoms with Crippen molar-refractivity contribution in [2.75, 3.05) is 25.5 Å². The Morgan fingerprint density at radius 1 is 1.14 bits per heavy atom. The van der Waals surface area contributed by atoms with Gasteiger partial charge in [-0.3, -0.25) is 9.59 Å². The maximum atomic E-state index is 12.5. The minimum atomic E-state index is -3.74. The number of primary sulfonamides is 1. The van der Waals surface area contributed by atoms with Gasteiger partial charge in [-0.25, -0.2) is 13.6 Å². The molecule has 2 aromatic carbocycles. The molecule has 0 bridgehead atoms. The molecule has 2 rings (SSSR count). The molecule has 0 aliphatic rings. The number of carbonyl (C=O) groups excluding carboxylic acids is 2. The molecule has 0 heterocycles. The summed E-state index contributed by atoms with van der Waals surface area (Å²) in [6.07, 6.45) is 0.632. The first kappa shape index (κ1) is 22.4. The van der Waals surface area contributed by atoms with Gasteiger partial charge in [-0.2, -0.15) is 0 Å². The lowest BCUT2D eigenvalue weighted by Gasteiger charge is -2.20. The molecule has 2 aromatic rings. The predicted octanol–water partition coefficient (Wildman–Crippen LogP) is 1.76. The maximum Gasteiger partial charge on any atom is 0.243 e. The lowest BCUT2D eigenvalue weighted by Crippen LogP contribution is -2.38. The van der Waals surface area contributed by atoms with E-state index in [1.165, 1.54) is 17.0 Å². The van der Waals surface area contributed by atoms with Crippen LogP contribution in [0.4, 0.5) is 5.69 Å². The third-order valence-corrected chi connectivity index (χ3v) is 5.23. The topological polar surface area (TPSA) is 119 Å². The van der Waals surface area contributed by atoms with E-state index in [-0.39, 0.29) is 29.7 Å². The number of likely N-dealkylation sites (N-methyl/N-ethyl adjacent to an activating group) is 1. The van der Waals surface area contributed by atoms with Crippen LogP contribution in [-0.2, 0) is 26.0 Å². The smallest absolute Gasteiger partial charge is 0.243 e. The molecule has 29 heavy (non-hydrogen) atoms. The van der Waals surface area contributed by atoms with Gasteiger partial charge in [-0.05, 0) is 43.2 Å². The number of nitrogens with one attached hydrogen (secondary N) is 1. The SMILES string of the molecule is CCN(CC(=O)Nc1cccc(OC)c1)C(=O)CCc1ccc(S(N)(=O)=O)cc1. The van der Waals surface area contributed by atoms with Crippen LogP contribution in [0.15, 0.2) is 53.4 Å². The number of methoxy groups -OCH3 is 1. The fraction of sp³-hybridized carbons (Fsp3) is 0.300. The number of ether oxygens (including phenoxy) is 1. The van der Waals surface area contributed by atoms with Crippen molar-refractivity contribution in [2.45, 2.75) is 24.7 Å². The highest BCUT2D eigenvalue weighted by molar-refractivity contribution is 7.89. The van der Waals surface area contributed by atoms with E-state index >= 15 is 0 Å². The number of carbonyl (C=O) groups is 2. The lowest BCUT2D eigenvalue weighted by atomic mass is 10.1. The van der Waals surface area contributed by atoms with Gasteiger partial charge in [0, 0.05) is 24.7 Å². The lowest BCUT2D eigenvalue weighted by molar-refractivity contribution is -0.134. The van der Waals surface area contributed by atoms with Gasteiger partial charge in [-0.15, -0.1) is 0 Å². The van der Waals surface area contributed by atoms with Crippen molar-refractivity contribution >= 4 is 27.5 Å². The van der Waals surface area contributed by atoms with E-state index in [0.29, 0.717) is 24.4 Å². The minimum Gasteiger partial charge on any atom is -0.497 e. The minimum absolute atomic E-state index is 0.0250. The molecule has 0 unspecified atom stereocenters. The molecule has 0 saturated heterocycles. The quantitative estimate of drug-likeness (QED) is 0.642. The highest BCUT2D eigenvalue weighted by atomic mass is 32.2. The number of benzene rings is 2. The third kappa shape index (κ3) is 6.88. The largest absolute Gasteiger partial charge is 0.497 e.